The number of nitrogens with zero attached hydrogens (tertiary/aromatic N) is 3. The van der Waals surface area contributed by atoms with Crippen molar-refractivity contribution in [2.24, 2.45) is 18.7 Å². The van der Waals surface area contributed by atoms with Gasteiger partial charge >= 0.3 is 0 Å². The quantitative estimate of drug-likeness (QED) is 0.768. The molecule has 6 nitrogen and oxygen atoms in total. The lowest BCUT2D eigenvalue weighted by Crippen LogP contribution is -2.37. The number of hydrogen-bond acceptors (Lipinski definition) is 4. The van der Waals surface area contributed by atoms with Gasteiger partial charge < -0.3 is 16.4 Å². The molecular formula is C13H25N5O. The molecule has 0 atom stereocenters. The van der Waals surface area contributed by atoms with Crippen LogP contribution in [-0.4, -0.2) is 28.8 Å². The summed E-state index contributed by atoms with van der Waals surface area (Å²) in [6.45, 7) is 7.15. The molecule has 0 saturated carbocycles. The lowest BCUT2D eigenvalue weighted by molar-refractivity contribution is -0.116. The van der Waals surface area contributed by atoms with E-state index < -0.39 is 0 Å². The van der Waals surface area contributed by atoms with Gasteiger partial charge in [-0.05, 0) is 12.3 Å². The Labute approximate surface area is 114 Å². The summed E-state index contributed by atoms with van der Waals surface area (Å²) in [4.78, 5) is 13.1. The van der Waals surface area contributed by atoms with Crippen LogP contribution in [0, 0.1) is 5.92 Å². The fraction of sp³-hybridized carbons (Fsp3) is 0.692. The van der Waals surface area contributed by atoms with E-state index in [1.165, 1.54) is 0 Å². The monoisotopic (exact) mass is 267 g/mol. The molecule has 0 aliphatic carbocycles. The Morgan fingerprint density at radius 3 is 2.58 bits per heavy atom. The molecule has 1 heterocycles. The highest BCUT2D eigenvalue weighted by Gasteiger charge is 2.20. The number of amides is 1. The van der Waals surface area contributed by atoms with Crippen LogP contribution in [0.3, 0.4) is 0 Å². The topological polar surface area (TPSA) is 90.2 Å². The predicted octanol–water partition coefficient (Wildman–Crippen LogP) is 0.903. The van der Waals surface area contributed by atoms with Crippen LogP contribution in [0.15, 0.2) is 0 Å². The third-order valence-electron chi connectivity index (χ3n) is 2.85. The van der Waals surface area contributed by atoms with Gasteiger partial charge in [-0.3, -0.25) is 9.48 Å². The first-order valence-corrected chi connectivity index (χ1v) is 6.71. The van der Waals surface area contributed by atoms with Gasteiger partial charge in [-0.2, -0.15) is 5.10 Å². The molecule has 0 saturated heterocycles. The Kier molecular flexibility index (Phi) is 5.20. The maximum absolute atomic E-state index is 11.2. The normalized spacial score (nSPS) is 11.0. The molecule has 0 bridgehead atoms. The van der Waals surface area contributed by atoms with E-state index in [1.807, 2.05) is 11.9 Å². The van der Waals surface area contributed by atoms with Gasteiger partial charge in [0.05, 0.1) is 17.9 Å². The van der Waals surface area contributed by atoms with E-state index in [4.69, 9.17) is 11.5 Å². The Morgan fingerprint density at radius 1 is 1.47 bits per heavy atom. The summed E-state index contributed by atoms with van der Waals surface area (Å²) in [5.74, 6) is 0.831. The highest BCUT2D eigenvalue weighted by molar-refractivity contribution is 5.81. The van der Waals surface area contributed by atoms with Crippen molar-refractivity contribution in [2.45, 2.75) is 33.6 Å². The number of aryl methyl sites for hydroxylation is 2. The van der Waals surface area contributed by atoms with Gasteiger partial charge in [0.1, 0.15) is 0 Å². The molecule has 0 unspecified atom stereocenters. The summed E-state index contributed by atoms with van der Waals surface area (Å²) in [5.41, 5.74) is 13.0. The van der Waals surface area contributed by atoms with Crippen molar-refractivity contribution in [3.8, 4) is 0 Å². The number of carbonyl (C=O) groups is 1. The molecular weight excluding hydrogens is 242 g/mol. The second-order valence-corrected chi connectivity index (χ2v) is 5.30. The van der Waals surface area contributed by atoms with Gasteiger partial charge in [0.2, 0.25) is 5.91 Å². The first kappa shape index (κ1) is 15.3. The number of carbonyl (C=O) groups excluding carboxylic acids is 1. The standard InChI is InChI=1S/C13H25N5O/c1-5-6-10-12(15)13(17(4)16-10)18(7-9(2)3)8-11(14)19/h9H,5-8,15H2,1-4H3,(H2,14,19). The van der Waals surface area contributed by atoms with E-state index in [-0.39, 0.29) is 12.5 Å². The van der Waals surface area contributed by atoms with Crippen LogP contribution in [0.5, 0.6) is 0 Å². The fourth-order valence-corrected chi connectivity index (χ4v) is 2.24. The molecule has 1 rings (SSSR count). The Morgan fingerprint density at radius 2 is 2.11 bits per heavy atom. The predicted molar refractivity (Wildman–Crippen MR) is 77.9 cm³/mol. The van der Waals surface area contributed by atoms with Gasteiger partial charge in [0, 0.05) is 13.6 Å². The van der Waals surface area contributed by atoms with E-state index in [0.29, 0.717) is 11.6 Å². The molecule has 0 radical (unpaired) electrons. The summed E-state index contributed by atoms with van der Waals surface area (Å²) >= 11 is 0. The number of aromatic nitrogens is 2. The first-order chi connectivity index (χ1) is 8.86. The molecule has 108 valence electrons. The van der Waals surface area contributed by atoms with Gasteiger partial charge in [-0.15, -0.1) is 0 Å². The van der Waals surface area contributed by atoms with Crippen LogP contribution >= 0.6 is 0 Å². The Balaban J connectivity index is 3.10. The molecule has 1 amide bonds. The number of anilines is 2. The van der Waals surface area contributed by atoms with E-state index in [0.717, 1.165) is 30.9 Å². The van der Waals surface area contributed by atoms with Crippen LogP contribution in [0.2, 0.25) is 0 Å². The molecule has 0 fully saturated rings. The lowest BCUT2D eigenvalue weighted by atomic mass is 10.2. The second-order valence-electron chi connectivity index (χ2n) is 5.30. The third-order valence-corrected chi connectivity index (χ3v) is 2.85. The maximum Gasteiger partial charge on any atom is 0.236 e. The summed E-state index contributed by atoms with van der Waals surface area (Å²) in [6.07, 6.45) is 1.83. The third kappa shape index (κ3) is 3.87. The minimum Gasteiger partial charge on any atom is -0.394 e. The van der Waals surface area contributed by atoms with E-state index in [9.17, 15) is 4.79 Å². The summed E-state index contributed by atoms with van der Waals surface area (Å²) < 4.78 is 1.74. The molecule has 1 aromatic heterocycles. The average molecular weight is 267 g/mol. The zero-order valence-electron chi connectivity index (χ0n) is 12.3. The Bertz CT molecular complexity index is 438. The van der Waals surface area contributed by atoms with Crippen LogP contribution in [0.25, 0.3) is 0 Å². The number of nitrogens with two attached hydrogens (primary N) is 2. The van der Waals surface area contributed by atoms with Gasteiger partial charge in [-0.25, -0.2) is 0 Å². The fourth-order valence-electron chi connectivity index (χ4n) is 2.24. The van der Waals surface area contributed by atoms with E-state index in [1.54, 1.807) is 4.68 Å². The molecule has 4 N–H and O–H groups in total. The highest BCUT2D eigenvalue weighted by atomic mass is 16.1. The average Bonchev–Trinajstić information content (AvgIpc) is 2.52. The maximum atomic E-state index is 11.2. The number of primary amides is 1. The van der Waals surface area contributed by atoms with Crippen molar-refractivity contribution in [1.82, 2.24) is 9.78 Å². The van der Waals surface area contributed by atoms with Crippen molar-refractivity contribution in [1.29, 1.82) is 0 Å². The minimum absolute atomic E-state index is 0.160. The van der Waals surface area contributed by atoms with Crippen LogP contribution < -0.4 is 16.4 Å². The summed E-state index contributed by atoms with van der Waals surface area (Å²) in [7, 11) is 1.85. The van der Waals surface area contributed by atoms with Crippen molar-refractivity contribution in [3.05, 3.63) is 5.69 Å². The lowest BCUT2D eigenvalue weighted by Gasteiger charge is -2.25. The zero-order valence-corrected chi connectivity index (χ0v) is 12.3. The summed E-state index contributed by atoms with van der Waals surface area (Å²) in [6, 6.07) is 0. The van der Waals surface area contributed by atoms with Gasteiger partial charge in [-0.1, -0.05) is 27.2 Å². The van der Waals surface area contributed by atoms with E-state index in [2.05, 4.69) is 25.9 Å². The summed E-state index contributed by atoms with van der Waals surface area (Å²) in [5, 5.41) is 4.43. The molecule has 0 aliphatic rings. The van der Waals surface area contributed by atoms with Gasteiger partial charge in [0.25, 0.3) is 0 Å². The smallest absolute Gasteiger partial charge is 0.236 e. The second kappa shape index (κ2) is 6.45. The van der Waals surface area contributed by atoms with E-state index >= 15 is 0 Å². The number of nitrogen functional groups attached to an aromatic ring is 1. The van der Waals surface area contributed by atoms with Crippen LogP contribution in [0.1, 0.15) is 32.9 Å². The zero-order chi connectivity index (χ0) is 14.6. The molecule has 6 heteroatoms. The SMILES string of the molecule is CCCc1nn(C)c(N(CC(N)=O)CC(C)C)c1N. The highest BCUT2D eigenvalue weighted by Crippen LogP contribution is 2.27. The van der Waals surface area contributed by atoms with Crippen LogP contribution in [-0.2, 0) is 18.3 Å². The minimum atomic E-state index is -0.363. The Hall–Kier alpha value is -1.72. The van der Waals surface area contributed by atoms with Crippen molar-refractivity contribution >= 4 is 17.4 Å². The largest absolute Gasteiger partial charge is 0.394 e. The molecule has 19 heavy (non-hydrogen) atoms. The van der Waals surface area contributed by atoms with Crippen molar-refractivity contribution in [3.63, 3.8) is 0 Å². The molecule has 0 aliphatic heterocycles. The first-order valence-electron chi connectivity index (χ1n) is 6.71. The molecule has 0 spiro atoms. The van der Waals surface area contributed by atoms with Crippen LogP contribution in [0.4, 0.5) is 11.5 Å². The van der Waals surface area contributed by atoms with Gasteiger partial charge in [0.15, 0.2) is 5.82 Å². The molecule has 1 aromatic rings. The number of rotatable bonds is 7. The molecule has 0 aromatic carbocycles. The van der Waals surface area contributed by atoms with Crippen molar-refractivity contribution < 1.29 is 4.79 Å². The van der Waals surface area contributed by atoms with Crippen molar-refractivity contribution in [2.75, 3.05) is 23.7 Å². The number of hydrogen-bond donors (Lipinski definition) is 2.